The molecule has 0 saturated carbocycles. The van der Waals surface area contributed by atoms with E-state index in [1.165, 1.54) is 16.7 Å². The normalized spacial score (nSPS) is 15.3. The molecule has 1 aliphatic rings. The number of fused-ring (bicyclic) bond motifs is 1. The van der Waals surface area contributed by atoms with Gasteiger partial charge >= 0.3 is 0 Å². The topological polar surface area (TPSA) is 48.1 Å². The minimum absolute atomic E-state index is 0.0129. The van der Waals surface area contributed by atoms with Crippen LogP contribution in [0.15, 0.2) is 36.5 Å². The first kappa shape index (κ1) is 12.3. The van der Waals surface area contributed by atoms with Gasteiger partial charge in [0.2, 0.25) is 0 Å². The van der Waals surface area contributed by atoms with Crippen molar-refractivity contribution < 1.29 is 4.74 Å². The largest absolute Gasteiger partial charge is 0.372 e. The van der Waals surface area contributed by atoms with Crippen molar-refractivity contribution in [1.29, 1.82) is 0 Å². The molecule has 1 atom stereocenters. The molecule has 98 valence electrons. The highest BCUT2D eigenvalue weighted by Crippen LogP contribution is 2.24. The van der Waals surface area contributed by atoms with E-state index in [4.69, 9.17) is 10.5 Å². The molecular formula is C16H18N2O. The van der Waals surface area contributed by atoms with Crippen LogP contribution in [0, 0.1) is 6.92 Å². The van der Waals surface area contributed by atoms with Crippen molar-refractivity contribution in [3.8, 4) is 0 Å². The minimum atomic E-state index is -0.0129. The number of aryl methyl sites for hydroxylation is 1. The van der Waals surface area contributed by atoms with Crippen LogP contribution in [0.25, 0.3) is 0 Å². The van der Waals surface area contributed by atoms with Gasteiger partial charge in [-0.1, -0.05) is 24.3 Å². The van der Waals surface area contributed by atoms with Gasteiger partial charge in [-0.2, -0.15) is 0 Å². The Kier molecular flexibility index (Phi) is 3.32. The Hall–Kier alpha value is -1.71. The maximum absolute atomic E-state index is 6.28. The highest BCUT2D eigenvalue weighted by molar-refractivity contribution is 5.35. The van der Waals surface area contributed by atoms with E-state index >= 15 is 0 Å². The van der Waals surface area contributed by atoms with Crippen molar-refractivity contribution >= 4 is 0 Å². The molecule has 0 aliphatic carbocycles. The van der Waals surface area contributed by atoms with Crippen LogP contribution >= 0.6 is 0 Å². The molecule has 2 N–H and O–H groups in total. The van der Waals surface area contributed by atoms with Crippen molar-refractivity contribution in [2.24, 2.45) is 5.73 Å². The molecule has 1 aliphatic heterocycles. The first-order valence-electron chi connectivity index (χ1n) is 6.59. The van der Waals surface area contributed by atoms with E-state index in [1.54, 1.807) is 0 Å². The van der Waals surface area contributed by atoms with Gasteiger partial charge in [-0.15, -0.1) is 0 Å². The van der Waals surface area contributed by atoms with E-state index in [-0.39, 0.29) is 6.04 Å². The predicted octanol–water partition coefficient (Wildman–Crippen LogP) is 2.66. The zero-order chi connectivity index (χ0) is 13.2. The van der Waals surface area contributed by atoms with E-state index in [2.05, 4.69) is 29.2 Å². The average Bonchev–Trinajstić information content (AvgIpc) is 2.88. The van der Waals surface area contributed by atoms with Gasteiger partial charge in [0, 0.05) is 24.4 Å². The maximum atomic E-state index is 6.28. The maximum Gasteiger partial charge on any atom is 0.0725 e. The lowest BCUT2D eigenvalue weighted by atomic mass is 9.98. The summed E-state index contributed by atoms with van der Waals surface area (Å²) in [6.07, 6.45) is 2.65. The fraction of sp³-hybridized carbons (Fsp3) is 0.312. The minimum Gasteiger partial charge on any atom is -0.372 e. The van der Waals surface area contributed by atoms with Gasteiger partial charge in [-0.25, -0.2) is 0 Å². The first-order valence-corrected chi connectivity index (χ1v) is 6.59. The SMILES string of the molecule is Cc1ccc(CC(N)c2ccc3c(c2)COC3)nc1. The Labute approximate surface area is 113 Å². The van der Waals surface area contributed by atoms with E-state index in [0.717, 1.165) is 24.3 Å². The second kappa shape index (κ2) is 5.11. The summed E-state index contributed by atoms with van der Waals surface area (Å²) in [5.41, 5.74) is 12.2. The number of aromatic nitrogens is 1. The Morgan fingerprint density at radius 2 is 2.05 bits per heavy atom. The van der Waals surface area contributed by atoms with Crippen LogP contribution < -0.4 is 5.73 Å². The standard InChI is InChI=1S/C16H18N2O/c1-11-2-5-15(18-8-11)7-16(17)12-3-4-13-9-19-10-14(13)6-12/h2-6,8,16H,7,9-10,17H2,1H3. The van der Waals surface area contributed by atoms with Gasteiger partial charge in [0.15, 0.2) is 0 Å². The summed E-state index contributed by atoms with van der Waals surface area (Å²) in [4.78, 5) is 4.41. The summed E-state index contributed by atoms with van der Waals surface area (Å²) >= 11 is 0. The molecule has 2 aromatic rings. The molecule has 3 rings (SSSR count). The van der Waals surface area contributed by atoms with Crippen molar-refractivity contribution in [2.75, 3.05) is 0 Å². The van der Waals surface area contributed by atoms with Gasteiger partial charge < -0.3 is 10.5 Å². The molecule has 19 heavy (non-hydrogen) atoms. The fourth-order valence-corrected chi connectivity index (χ4v) is 2.38. The summed E-state index contributed by atoms with van der Waals surface area (Å²) in [5.74, 6) is 0. The number of hydrogen-bond donors (Lipinski definition) is 1. The fourth-order valence-electron chi connectivity index (χ4n) is 2.38. The lowest BCUT2D eigenvalue weighted by molar-refractivity contribution is 0.134. The number of ether oxygens (including phenoxy) is 1. The summed E-state index contributed by atoms with van der Waals surface area (Å²) < 4.78 is 5.43. The van der Waals surface area contributed by atoms with Crippen LogP contribution in [0.3, 0.4) is 0 Å². The molecule has 0 saturated heterocycles. The molecule has 1 aromatic carbocycles. The smallest absolute Gasteiger partial charge is 0.0725 e. The second-order valence-corrected chi connectivity index (χ2v) is 5.16. The Morgan fingerprint density at radius 3 is 2.84 bits per heavy atom. The highest BCUT2D eigenvalue weighted by Gasteiger charge is 2.14. The number of nitrogens with two attached hydrogens (primary N) is 1. The summed E-state index contributed by atoms with van der Waals surface area (Å²) in [7, 11) is 0. The van der Waals surface area contributed by atoms with Crippen LogP contribution in [-0.4, -0.2) is 4.98 Å². The molecule has 0 radical (unpaired) electrons. The van der Waals surface area contributed by atoms with E-state index < -0.39 is 0 Å². The quantitative estimate of drug-likeness (QED) is 0.916. The number of nitrogens with zero attached hydrogens (tertiary/aromatic N) is 1. The van der Waals surface area contributed by atoms with Gasteiger partial charge in [0.25, 0.3) is 0 Å². The lowest BCUT2D eigenvalue weighted by Crippen LogP contribution is -2.14. The number of pyridine rings is 1. The molecule has 0 bridgehead atoms. The average molecular weight is 254 g/mol. The number of hydrogen-bond acceptors (Lipinski definition) is 3. The van der Waals surface area contributed by atoms with E-state index in [9.17, 15) is 0 Å². The van der Waals surface area contributed by atoms with Gasteiger partial charge in [0.1, 0.15) is 0 Å². The monoisotopic (exact) mass is 254 g/mol. The zero-order valence-corrected chi connectivity index (χ0v) is 11.1. The van der Waals surface area contributed by atoms with Gasteiger partial charge in [-0.05, 0) is 35.2 Å². The summed E-state index contributed by atoms with van der Waals surface area (Å²) in [6, 6.07) is 10.5. The Bertz CT molecular complexity index is 578. The summed E-state index contributed by atoms with van der Waals surface area (Å²) in [5, 5.41) is 0. The van der Waals surface area contributed by atoms with Crippen molar-refractivity contribution in [2.45, 2.75) is 32.6 Å². The molecule has 1 unspecified atom stereocenters. The Balaban J connectivity index is 1.76. The molecule has 0 fully saturated rings. The van der Waals surface area contributed by atoms with Crippen molar-refractivity contribution in [3.63, 3.8) is 0 Å². The van der Waals surface area contributed by atoms with E-state index in [0.29, 0.717) is 6.61 Å². The van der Waals surface area contributed by atoms with Crippen molar-refractivity contribution in [1.82, 2.24) is 4.98 Å². The molecule has 0 spiro atoms. The number of rotatable bonds is 3. The molecule has 3 heteroatoms. The lowest BCUT2D eigenvalue weighted by Gasteiger charge is -2.13. The predicted molar refractivity (Wildman–Crippen MR) is 74.5 cm³/mol. The Morgan fingerprint density at radius 1 is 1.21 bits per heavy atom. The second-order valence-electron chi connectivity index (χ2n) is 5.16. The third kappa shape index (κ3) is 2.67. The molecule has 2 heterocycles. The highest BCUT2D eigenvalue weighted by atomic mass is 16.5. The van der Waals surface area contributed by atoms with Crippen LogP contribution in [-0.2, 0) is 24.4 Å². The summed E-state index contributed by atoms with van der Waals surface area (Å²) in [6.45, 7) is 3.47. The van der Waals surface area contributed by atoms with Crippen LogP contribution in [0.1, 0.15) is 34.0 Å². The first-order chi connectivity index (χ1) is 9.22. The zero-order valence-electron chi connectivity index (χ0n) is 11.1. The van der Waals surface area contributed by atoms with Crippen LogP contribution in [0.4, 0.5) is 0 Å². The molecule has 1 aromatic heterocycles. The van der Waals surface area contributed by atoms with E-state index in [1.807, 2.05) is 19.2 Å². The molecular weight excluding hydrogens is 236 g/mol. The number of benzene rings is 1. The van der Waals surface area contributed by atoms with Gasteiger partial charge in [0.05, 0.1) is 13.2 Å². The van der Waals surface area contributed by atoms with Crippen molar-refractivity contribution in [3.05, 3.63) is 64.5 Å². The van der Waals surface area contributed by atoms with Gasteiger partial charge in [-0.3, -0.25) is 4.98 Å². The van der Waals surface area contributed by atoms with Crippen LogP contribution in [0.2, 0.25) is 0 Å². The molecule has 0 amide bonds. The van der Waals surface area contributed by atoms with Crippen LogP contribution in [0.5, 0.6) is 0 Å². The third-order valence-corrected chi connectivity index (χ3v) is 3.58. The third-order valence-electron chi connectivity index (χ3n) is 3.58. The molecule has 3 nitrogen and oxygen atoms in total.